The second-order valence-electron chi connectivity index (χ2n) is 4.18. The lowest BCUT2D eigenvalue weighted by Crippen LogP contribution is -2.03. The summed E-state index contributed by atoms with van der Waals surface area (Å²) < 4.78 is 2.97. The van der Waals surface area contributed by atoms with Crippen molar-refractivity contribution in [2.75, 3.05) is 0 Å². The fourth-order valence-corrected chi connectivity index (χ4v) is 2.32. The third-order valence-electron chi connectivity index (χ3n) is 2.70. The summed E-state index contributed by atoms with van der Waals surface area (Å²) in [7, 11) is 0. The van der Waals surface area contributed by atoms with Crippen molar-refractivity contribution in [2.45, 2.75) is 26.9 Å². The van der Waals surface area contributed by atoms with E-state index in [1.165, 1.54) is 0 Å². The number of nitrogens with zero attached hydrogens (tertiary/aromatic N) is 2. The Bertz CT molecular complexity index is 546. The van der Waals surface area contributed by atoms with E-state index in [1.807, 2.05) is 42.8 Å². The van der Waals surface area contributed by atoms with Gasteiger partial charge in [0.1, 0.15) is 5.82 Å². The quantitative estimate of drug-likeness (QED) is 0.923. The lowest BCUT2D eigenvalue weighted by atomic mass is 10.1. The molecule has 90 valence electrons. The molecule has 4 heteroatoms. The van der Waals surface area contributed by atoms with E-state index in [9.17, 15) is 5.11 Å². The van der Waals surface area contributed by atoms with Crippen LogP contribution in [0, 0.1) is 13.8 Å². The molecule has 0 saturated heterocycles. The van der Waals surface area contributed by atoms with Gasteiger partial charge in [-0.3, -0.25) is 0 Å². The number of hydrogen-bond donors (Lipinski definition) is 1. The summed E-state index contributed by atoms with van der Waals surface area (Å²) in [4.78, 5) is 4.38. The molecule has 1 unspecified atom stereocenters. The maximum Gasteiger partial charge on any atom is 0.110 e. The molecular weight excluding hydrogens is 280 g/mol. The maximum atomic E-state index is 9.83. The van der Waals surface area contributed by atoms with Gasteiger partial charge in [-0.2, -0.15) is 0 Å². The molecule has 17 heavy (non-hydrogen) atoms. The minimum atomic E-state index is -0.510. The number of imidazole rings is 1. The molecule has 1 aromatic carbocycles. The summed E-state index contributed by atoms with van der Waals surface area (Å²) in [6.07, 6.45) is 1.47. The molecule has 0 saturated carbocycles. The Balaban J connectivity index is 2.62. The van der Waals surface area contributed by atoms with Gasteiger partial charge in [-0.1, -0.05) is 15.9 Å². The van der Waals surface area contributed by atoms with Crippen LogP contribution in [0.3, 0.4) is 0 Å². The summed E-state index contributed by atoms with van der Waals surface area (Å²) in [5, 5.41) is 9.83. The van der Waals surface area contributed by atoms with Crippen molar-refractivity contribution in [1.29, 1.82) is 0 Å². The van der Waals surface area contributed by atoms with Gasteiger partial charge in [-0.25, -0.2) is 4.98 Å². The fraction of sp³-hybridized carbons (Fsp3) is 0.308. The summed E-state index contributed by atoms with van der Waals surface area (Å²) in [5.74, 6) is 0.923. The average Bonchev–Trinajstić information content (AvgIpc) is 2.57. The van der Waals surface area contributed by atoms with Gasteiger partial charge in [-0.15, -0.1) is 0 Å². The zero-order valence-electron chi connectivity index (χ0n) is 10.1. The minimum Gasteiger partial charge on any atom is -0.389 e. The largest absolute Gasteiger partial charge is 0.389 e. The first-order valence-corrected chi connectivity index (χ1v) is 6.29. The molecule has 2 rings (SSSR count). The summed E-state index contributed by atoms with van der Waals surface area (Å²) in [5.41, 5.74) is 2.84. The van der Waals surface area contributed by atoms with E-state index in [0.29, 0.717) is 0 Å². The number of aliphatic hydroxyl groups excluding tert-OH is 1. The number of aromatic nitrogens is 2. The Labute approximate surface area is 109 Å². The number of benzene rings is 1. The maximum absolute atomic E-state index is 9.83. The fourth-order valence-electron chi connectivity index (χ4n) is 1.94. The van der Waals surface area contributed by atoms with Crippen molar-refractivity contribution in [3.8, 4) is 5.69 Å². The molecule has 1 N–H and O–H groups in total. The summed E-state index contributed by atoms with van der Waals surface area (Å²) in [6.45, 7) is 5.69. The molecule has 1 heterocycles. The van der Waals surface area contributed by atoms with Gasteiger partial charge < -0.3 is 9.67 Å². The van der Waals surface area contributed by atoms with Crippen LogP contribution in [0.2, 0.25) is 0 Å². The van der Waals surface area contributed by atoms with Gasteiger partial charge in [0.05, 0.1) is 17.5 Å². The first-order chi connectivity index (χ1) is 7.99. The SMILES string of the molecule is Cc1cn(-c2ccc(Br)cc2C(C)O)c(C)n1. The minimum absolute atomic E-state index is 0.510. The van der Waals surface area contributed by atoms with Crippen molar-refractivity contribution in [1.82, 2.24) is 9.55 Å². The number of rotatable bonds is 2. The average molecular weight is 295 g/mol. The third kappa shape index (κ3) is 2.42. The molecule has 0 spiro atoms. The predicted molar refractivity (Wildman–Crippen MR) is 71.4 cm³/mol. The van der Waals surface area contributed by atoms with Crippen LogP contribution in [0.4, 0.5) is 0 Å². The Morgan fingerprint density at radius 3 is 2.59 bits per heavy atom. The molecular formula is C13H15BrN2O. The van der Waals surface area contributed by atoms with Gasteiger partial charge in [0, 0.05) is 16.2 Å². The smallest absolute Gasteiger partial charge is 0.110 e. The van der Waals surface area contributed by atoms with Crippen molar-refractivity contribution < 1.29 is 5.11 Å². The highest BCUT2D eigenvalue weighted by atomic mass is 79.9. The molecule has 0 radical (unpaired) electrons. The van der Waals surface area contributed by atoms with Crippen molar-refractivity contribution in [2.24, 2.45) is 0 Å². The van der Waals surface area contributed by atoms with Crippen molar-refractivity contribution in [3.63, 3.8) is 0 Å². The van der Waals surface area contributed by atoms with Crippen LogP contribution in [0.1, 0.15) is 30.1 Å². The normalized spacial score (nSPS) is 12.8. The third-order valence-corrected chi connectivity index (χ3v) is 3.20. The molecule has 1 atom stereocenters. The van der Waals surface area contributed by atoms with E-state index in [2.05, 4.69) is 20.9 Å². The first-order valence-electron chi connectivity index (χ1n) is 5.49. The Kier molecular flexibility index (Phi) is 3.35. The summed E-state index contributed by atoms with van der Waals surface area (Å²) in [6, 6.07) is 5.89. The molecule has 0 fully saturated rings. The lowest BCUT2D eigenvalue weighted by Gasteiger charge is -2.14. The van der Waals surface area contributed by atoms with Crippen LogP contribution in [0.5, 0.6) is 0 Å². The highest BCUT2D eigenvalue weighted by molar-refractivity contribution is 9.10. The zero-order valence-corrected chi connectivity index (χ0v) is 11.7. The van der Waals surface area contributed by atoms with Crippen LogP contribution < -0.4 is 0 Å². The molecule has 1 aromatic heterocycles. The Hall–Kier alpha value is -1.13. The van der Waals surface area contributed by atoms with Crippen LogP contribution in [-0.4, -0.2) is 14.7 Å². The van der Waals surface area contributed by atoms with Gasteiger partial charge in [-0.05, 0) is 39.0 Å². The number of hydrogen-bond acceptors (Lipinski definition) is 2. The van der Waals surface area contributed by atoms with E-state index in [1.54, 1.807) is 6.92 Å². The lowest BCUT2D eigenvalue weighted by molar-refractivity contribution is 0.199. The van der Waals surface area contributed by atoms with Gasteiger partial charge in [0.15, 0.2) is 0 Å². The second kappa shape index (κ2) is 4.63. The highest BCUT2D eigenvalue weighted by Crippen LogP contribution is 2.26. The predicted octanol–water partition coefficient (Wildman–Crippen LogP) is 3.30. The number of aryl methyl sites for hydroxylation is 2. The molecule has 0 bridgehead atoms. The highest BCUT2D eigenvalue weighted by Gasteiger charge is 2.12. The van der Waals surface area contributed by atoms with E-state index in [-0.39, 0.29) is 0 Å². The molecule has 0 aliphatic carbocycles. The monoisotopic (exact) mass is 294 g/mol. The molecule has 3 nitrogen and oxygen atoms in total. The van der Waals surface area contributed by atoms with Crippen molar-refractivity contribution >= 4 is 15.9 Å². The van der Waals surface area contributed by atoms with E-state index < -0.39 is 6.10 Å². The number of halogens is 1. The number of aliphatic hydroxyl groups is 1. The molecule has 2 aromatic rings. The zero-order chi connectivity index (χ0) is 12.6. The molecule has 0 aliphatic rings. The topological polar surface area (TPSA) is 38.0 Å². The Morgan fingerprint density at radius 2 is 2.06 bits per heavy atom. The standard InChI is InChI=1S/C13H15BrN2O/c1-8-7-16(10(3)15-8)13-5-4-11(14)6-12(13)9(2)17/h4-7,9,17H,1-3H3. The summed E-state index contributed by atoms with van der Waals surface area (Å²) >= 11 is 3.42. The van der Waals surface area contributed by atoms with Crippen LogP contribution in [0.15, 0.2) is 28.9 Å². The van der Waals surface area contributed by atoms with Gasteiger partial charge >= 0.3 is 0 Å². The van der Waals surface area contributed by atoms with E-state index >= 15 is 0 Å². The van der Waals surface area contributed by atoms with E-state index in [0.717, 1.165) is 27.2 Å². The van der Waals surface area contributed by atoms with Crippen LogP contribution >= 0.6 is 15.9 Å². The van der Waals surface area contributed by atoms with E-state index in [4.69, 9.17) is 0 Å². The molecule has 0 aliphatic heterocycles. The first kappa shape index (κ1) is 12.3. The van der Waals surface area contributed by atoms with Crippen LogP contribution in [0.25, 0.3) is 5.69 Å². The Morgan fingerprint density at radius 1 is 1.35 bits per heavy atom. The second-order valence-corrected chi connectivity index (χ2v) is 5.09. The van der Waals surface area contributed by atoms with Crippen LogP contribution in [-0.2, 0) is 0 Å². The van der Waals surface area contributed by atoms with Gasteiger partial charge in [0.2, 0.25) is 0 Å². The molecule has 0 amide bonds. The van der Waals surface area contributed by atoms with Gasteiger partial charge in [0.25, 0.3) is 0 Å². The van der Waals surface area contributed by atoms with Crippen molar-refractivity contribution in [3.05, 3.63) is 46.0 Å².